The first-order chi connectivity index (χ1) is 14.7. The topological polar surface area (TPSA) is 53.3 Å². The molecule has 160 valence electrons. The van der Waals surface area contributed by atoms with E-state index in [-0.39, 0.29) is 12.2 Å². The van der Waals surface area contributed by atoms with Crippen molar-refractivity contribution in [2.45, 2.75) is 71.6 Å². The first-order valence-corrected chi connectivity index (χ1v) is 11.2. The number of anilines is 1. The smallest absolute Gasteiger partial charge is 0.349 e. The van der Waals surface area contributed by atoms with Gasteiger partial charge >= 0.3 is 5.97 Å². The van der Waals surface area contributed by atoms with Crippen molar-refractivity contribution in [1.29, 1.82) is 5.26 Å². The summed E-state index contributed by atoms with van der Waals surface area (Å²) in [5, 5.41) is 9.25. The molecule has 0 spiro atoms. The van der Waals surface area contributed by atoms with Crippen molar-refractivity contribution in [2.75, 3.05) is 11.5 Å². The molecule has 1 aliphatic heterocycles. The number of allylic oxidation sites excluding steroid dienone is 3. The Kier molecular flexibility index (Phi) is 10.5. The van der Waals surface area contributed by atoms with Crippen molar-refractivity contribution in [2.24, 2.45) is 0 Å². The zero-order valence-electron chi connectivity index (χ0n) is 18.4. The van der Waals surface area contributed by atoms with Crippen LogP contribution in [0.4, 0.5) is 5.69 Å². The standard InChI is InChI=1S/C26H34N2O2/c1-3-5-6-7-8-9-10-11-12-22-13-15-24(16-14-22)28-19-17-23(18-20-28)25(21-27)26(29)30-4-2/h13-20H,3-12H2,1-2H3. The maximum Gasteiger partial charge on any atom is 0.349 e. The van der Waals surface area contributed by atoms with E-state index in [4.69, 9.17) is 4.74 Å². The fourth-order valence-corrected chi connectivity index (χ4v) is 3.49. The van der Waals surface area contributed by atoms with Crippen LogP contribution in [0.15, 0.2) is 60.0 Å². The largest absolute Gasteiger partial charge is 0.462 e. The number of benzene rings is 1. The highest BCUT2D eigenvalue weighted by atomic mass is 16.5. The van der Waals surface area contributed by atoms with Gasteiger partial charge in [-0.2, -0.15) is 5.26 Å². The van der Waals surface area contributed by atoms with Crippen molar-refractivity contribution in [3.8, 4) is 6.07 Å². The SMILES string of the molecule is CCCCCCCCCCc1ccc(N2C=CC(=C(C#N)C(=O)OCC)C=C2)cc1. The summed E-state index contributed by atoms with van der Waals surface area (Å²) in [5.41, 5.74) is 3.02. The summed E-state index contributed by atoms with van der Waals surface area (Å²) in [5.74, 6) is -0.580. The minimum Gasteiger partial charge on any atom is -0.462 e. The van der Waals surface area contributed by atoms with Gasteiger partial charge in [0.25, 0.3) is 0 Å². The molecule has 0 unspecified atom stereocenters. The van der Waals surface area contributed by atoms with Gasteiger partial charge in [-0.15, -0.1) is 0 Å². The minimum absolute atomic E-state index is 0.0321. The van der Waals surface area contributed by atoms with Crippen molar-refractivity contribution < 1.29 is 9.53 Å². The van der Waals surface area contributed by atoms with Gasteiger partial charge in [-0.05, 0) is 49.6 Å². The number of carbonyl (C=O) groups excluding carboxylic acids is 1. The maximum atomic E-state index is 11.9. The Labute approximate surface area is 181 Å². The van der Waals surface area contributed by atoms with Crippen LogP contribution in [0.25, 0.3) is 0 Å². The normalized spacial score (nSPS) is 12.7. The summed E-state index contributed by atoms with van der Waals surface area (Å²) in [6.45, 7) is 4.24. The summed E-state index contributed by atoms with van der Waals surface area (Å²) in [7, 11) is 0. The number of unbranched alkanes of at least 4 members (excludes halogenated alkanes) is 7. The van der Waals surface area contributed by atoms with Crippen LogP contribution in [0, 0.1) is 11.3 Å². The lowest BCUT2D eigenvalue weighted by Crippen LogP contribution is -2.13. The van der Waals surface area contributed by atoms with Crippen LogP contribution in [0.5, 0.6) is 0 Å². The van der Waals surface area contributed by atoms with Gasteiger partial charge in [0.05, 0.1) is 6.61 Å². The molecule has 4 heteroatoms. The van der Waals surface area contributed by atoms with Crippen molar-refractivity contribution in [1.82, 2.24) is 0 Å². The van der Waals surface area contributed by atoms with Crippen LogP contribution in [0.1, 0.15) is 70.8 Å². The molecular formula is C26H34N2O2. The third kappa shape index (κ3) is 7.55. The zero-order chi connectivity index (χ0) is 21.6. The molecule has 0 saturated heterocycles. The van der Waals surface area contributed by atoms with Gasteiger partial charge in [-0.25, -0.2) is 4.79 Å². The summed E-state index contributed by atoms with van der Waals surface area (Å²) in [6.07, 6.45) is 19.1. The summed E-state index contributed by atoms with van der Waals surface area (Å²) in [6, 6.07) is 10.5. The molecule has 0 N–H and O–H groups in total. The molecular weight excluding hydrogens is 372 g/mol. The monoisotopic (exact) mass is 406 g/mol. The quantitative estimate of drug-likeness (QED) is 0.170. The van der Waals surface area contributed by atoms with Gasteiger partial charge in [0.15, 0.2) is 0 Å². The number of nitrogens with zero attached hydrogens (tertiary/aromatic N) is 2. The number of nitriles is 1. The molecule has 0 fully saturated rings. The molecule has 1 aromatic rings. The van der Waals surface area contributed by atoms with E-state index in [2.05, 4.69) is 31.2 Å². The number of carbonyl (C=O) groups is 1. The molecule has 0 aromatic heterocycles. The van der Waals surface area contributed by atoms with Crippen molar-refractivity contribution in [3.63, 3.8) is 0 Å². The fourth-order valence-electron chi connectivity index (χ4n) is 3.49. The number of rotatable bonds is 12. The average molecular weight is 407 g/mol. The Bertz CT molecular complexity index is 781. The van der Waals surface area contributed by atoms with Gasteiger partial charge in [-0.1, -0.05) is 64.0 Å². The van der Waals surface area contributed by atoms with Crippen LogP contribution in [0.3, 0.4) is 0 Å². The van der Waals surface area contributed by atoms with Crippen LogP contribution in [-0.4, -0.2) is 12.6 Å². The van der Waals surface area contributed by atoms with E-state index in [9.17, 15) is 10.1 Å². The number of esters is 1. The maximum absolute atomic E-state index is 11.9. The lowest BCUT2D eigenvalue weighted by molar-refractivity contribution is -0.138. The van der Waals surface area contributed by atoms with E-state index in [0.717, 1.165) is 12.1 Å². The van der Waals surface area contributed by atoms with Crippen LogP contribution < -0.4 is 4.90 Å². The number of hydrogen-bond acceptors (Lipinski definition) is 4. The van der Waals surface area contributed by atoms with E-state index in [1.165, 1.54) is 56.9 Å². The van der Waals surface area contributed by atoms with Crippen LogP contribution in [-0.2, 0) is 16.0 Å². The van der Waals surface area contributed by atoms with Gasteiger partial charge in [0.2, 0.25) is 0 Å². The first-order valence-electron chi connectivity index (χ1n) is 11.2. The molecule has 1 heterocycles. The zero-order valence-corrected chi connectivity index (χ0v) is 18.4. The predicted molar refractivity (Wildman–Crippen MR) is 123 cm³/mol. The summed E-state index contributed by atoms with van der Waals surface area (Å²) in [4.78, 5) is 13.8. The Morgan fingerprint density at radius 1 is 0.933 bits per heavy atom. The molecule has 0 bridgehead atoms. The molecule has 30 heavy (non-hydrogen) atoms. The second-order valence-corrected chi connectivity index (χ2v) is 7.59. The third-order valence-electron chi connectivity index (χ3n) is 5.26. The van der Waals surface area contributed by atoms with E-state index >= 15 is 0 Å². The Morgan fingerprint density at radius 2 is 1.53 bits per heavy atom. The second kappa shape index (κ2) is 13.4. The highest BCUT2D eigenvalue weighted by molar-refractivity contribution is 5.95. The van der Waals surface area contributed by atoms with Gasteiger partial charge in [-0.3, -0.25) is 0 Å². The Balaban J connectivity index is 1.81. The highest BCUT2D eigenvalue weighted by Crippen LogP contribution is 2.22. The fraction of sp³-hybridized carbons (Fsp3) is 0.462. The van der Waals surface area contributed by atoms with Gasteiger partial charge in [0, 0.05) is 23.7 Å². The molecule has 0 saturated carbocycles. The molecule has 1 aromatic carbocycles. The second-order valence-electron chi connectivity index (χ2n) is 7.59. The lowest BCUT2D eigenvalue weighted by Gasteiger charge is -2.19. The van der Waals surface area contributed by atoms with Crippen LogP contribution in [0.2, 0.25) is 0 Å². The van der Waals surface area contributed by atoms with Crippen molar-refractivity contribution >= 4 is 11.7 Å². The molecule has 0 aliphatic carbocycles. The van der Waals surface area contributed by atoms with Crippen molar-refractivity contribution in [3.05, 3.63) is 65.5 Å². The molecule has 0 radical (unpaired) electrons. The molecule has 4 nitrogen and oxygen atoms in total. The molecule has 0 atom stereocenters. The summed E-state index contributed by atoms with van der Waals surface area (Å²) >= 11 is 0. The average Bonchev–Trinajstić information content (AvgIpc) is 2.77. The predicted octanol–water partition coefficient (Wildman–Crippen LogP) is 6.60. The minimum atomic E-state index is -0.580. The van der Waals surface area contributed by atoms with E-state index in [1.807, 2.05) is 23.4 Å². The van der Waals surface area contributed by atoms with Gasteiger partial charge in [0.1, 0.15) is 11.6 Å². The lowest BCUT2D eigenvalue weighted by atomic mass is 10.0. The molecule has 1 aliphatic rings. The number of ether oxygens (including phenoxy) is 1. The molecule has 2 rings (SSSR count). The Hall–Kier alpha value is -2.80. The van der Waals surface area contributed by atoms with Crippen LogP contribution >= 0.6 is 0 Å². The van der Waals surface area contributed by atoms with Gasteiger partial charge < -0.3 is 9.64 Å². The van der Waals surface area contributed by atoms with E-state index < -0.39 is 5.97 Å². The third-order valence-corrected chi connectivity index (χ3v) is 5.26. The first kappa shape index (κ1) is 23.5. The highest BCUT2D eigenvalue weighted by Gasteiger charge is 2.15. The number of hydrogen-bond donors (Lipinski definition) is 0. The summed E-state index contributed by atoms with van der Waals surface area (Å²) < 4.78 is 4.94. The molecule has 0 amide bonds. The Morgan fingerprint density at radius 3 is 2.10 bits per heavy atom. The number of aryl methyl sites for hydroxylation is 1. The van der Waals surface area contributed by atoms with E-state index in [1.54, 1.807) is 19.1 Å². The van der Waals surface area contributed by atoms with E-state index in [0.29, 0.717) is 5.57 Å².